The molecule has 6 heteroatoms. The number of nitrogens with zero attached hydrogens (tertiary/aromatic N) is 1. The second-order valence-electron chi connectivity index (χ2n) is 3.90. The molecule has 98 valence electrons. The first-order valence-electron chi connectivity index (χ1n) is 5.27. The summed E-state index contributed by atoms with van der Waals surface area (Å²) < 4.78 is 27.0. The number of aliphatic hydroxyl groups excluding tert-OH is 1. The first-order valence-corrected chi connectivity index (χ1v) is 6.71. The molecule has 0 saturated heterocycles. The van der Waals surface area contributed by atoms with Crippen molar-refractivity contribution >= 4 is 15.9 Å². The lowest BCUT2D eigenvalue weighted by Crippen LogP contribution is -2.29. The van der Waals surface area contributed by atoms with Crippen LogP contribution in [0.4, 0.5) is 5.69 Å². The maximum absolute atomic E-state index is 11.8. The van der Waals surface area contributed by atoms with E-state index in [4.69, 9.17) is 5.11 Å². The van der Waals surface area contributed by atoms with Gasteiger partial charge in [-0.15, -0.1) is 0 Å². The third-order valence-corrected chi connectivity index (χ3v) is 3.64. The van der Waals surface area contributed by atoms with Crippen LogP contribution in [-0.2, 0) is 10.2 Å². The van der Waals surface area contributed by atoms with E-state index in [0.717, 1.165) is 9.87 Å². The molecule has 0 aliphatic rings. The number of nitrogens with one attached hydrogen (secondary N) is 1. The van der Waals surface area contributed by atoms with Crippen LogP contribution in [0.5, 0.6) is 0 Å². The van der Waals surface area contributed by atoms with Gasteiger partial charge < -0.3 is 5.11 Å². The number of rotatable bonds is 3. The molecule has 1 aromatic carbocycles. The van der Waals surface area contributed by atoms with Crippen molar-refractivity contribution in [3.63, 3.8) is 0 Å². The average Bonchev–Trinajstić information content (AvgIpc) is 2.27. The Bertz CT molecular complexity index is 583. The highest BCUT2D eigenvalue weighted by Crippen LogP contribution is 2.18. The van der Waals surface area contributed by atoms with Crippen molar-refractivity contribution < 1.29 is 13.5 Å². The highest BCUT2D eigenvalue weighted by molar-refractivity contribution is 7.90. The third kappa shape index (κ3) is 3.74. The van der Waals surface area contributed by atoms with Crippen molar-refractivity contribution in [1.29, 1.82) is 0 Å². The van der Waals surface area contributed by atoms with Crippen molar-refractivity contribution in [3.8, 4) is 11.8 Å². The van der Waals surface area contributed by atoms with Gasteiger partial charge in [-0.25, -0.2) is 0 Å². The van der Waals surface area contributed by atoms with Gasteiger partial charge in [0.15, 0.2) is 0 Å². The minimum absolute atomic E-state index is 0.270. The predicted octanol–water partition coefficient (Wildman–Crippen LogP) is 0.557. The van der Waals surface area contributed by atoms with Gasteiger partial charge in [0.1, 0.15) is 6.61 Å². The first kappa shape index (κ1) is 14.5. The number of hydrogen-bond donors (Lipinski definition) is 2. The van der Waals surface area contributed by atoms with Crippen LogP contribution in [0.1, 0.15) is 11.1 Å². The van der Waals surface area contributed by atoms with Crippen LogP contribution < -0.4 is 4.72 Å². The number of aliphatic hydroxyl groups is 1. The molecular formula is C12H16N2O3S. The minimum Gasteiger partial charge on any atom is -0.384 e. The molecule has 0 fully saturated rings. The summed E-state index contributed by atoms with van der Waals surface area (Å²) in [5.41, 5.74) is 1.85. The summed E-state index contributed by atoms with van der Waals surface area (Å²) in [6.45, 7) is 1.59. The van der Waals surface area contributed by atoms with Crippen LogP contribution in [0.3, 0.4) is 0 Å². The zero-order valence-corrected chi connectivity index (χ0v) is 11.4. The van der Waals surface area contributed by atoms with E-state index < -0.39 is 10.2 Å². The predicted molar refractivity (Wildman–Crippen MR) is 71.4 cm³/mol. The maximum Gasteiger partial charge on any atom is 0.301 e. The summed E-state index contributed by atoms with van der Waals surface area (Å²) >= 11 is 0. The van der Waals surface area contributed by atoms with Crippen LogP contribution in [0, 0.1) is 18.8 Å². The lowest BCUT2D eigenvalue weighted by atomic mass is 10.1. The van der Waals surface area contributed by atoms with Gasteiger partial charge in [0.25, 0.3) is 0 Å². The van der Waals surface area contributed by atoms with E-state index >= 15 is 0 Å². The van der Waals surface area contributed by atoms with Crippen LogP contribution in [0.2, 0.25) is 0 Å². The molecule has 0 aromatic heterocycles. The first-order chi connectivity index (χ1) is 8.36. The summed E-state index contributed by atoms with van der Waals surface area (Å²) in [5, 5.41) is 8.67. The fourth-order valence-electron chi connectivity index (χ4n) is 1.22. The number of aryl methyl sites for hydroxylation is 1. The van der Waals surface area contributed by atoms with Gasteiger partial charge in [0.05, 0.1) is 5.69 Å². The Labute approximate surface area is 108 Å². The highest BCUT2D eigenvalue weighted by Gasteiger charge is 2.14. The summed E-state index contributed by atoms with van der Waals surface area (Å²) in [6.07, 6.45) is 0. The molecule has 0 atom stereocenters. The number of anilines is 1. The van der Waals surface area contributed by atoms with Crippen molar-refractivity contribution in [2.45, 2.75) is 6.92 Å². The molecule has 0 bridgehead atoms. The Morgan fingerprint density at radius 1 is 1.39 bits per heavy atom. The van der Waals surface area contributed by atoms with Crippen LogP contribution in [-0.4, -0.2) is 38.5 Å². The molecule has 1 rings (SSSR count). The van der Waals surface area contributed by atoms with E-state index in [1.54, 1.807) is 12.1 Å². The Morgan fingerprint density at radius 3 is 2.61 bits per heavy atom. The molecule has 0 unspecified atom stereocenters. The molecule has 1 aromatic rings. The molecule has 0 amide bonds. The Kier molecular flexibility index (Phi) is 4.73. The summed E-state index contributed by atoms with van der Waals surface area (Å²) in [6, 6.07) is 5.24. The minimum atomic E-state index is -3.56. The van der Waals surface area contributed by atoms with Crippen LogP contribution in [0.25, 0.3) is 0 Å². The monoisotopic (exact) mass is 268 g/mol. The molecule has 5 nitrogen and oxygen atoms in total. The zero-order valence-electron chi connectivity index (χ0n) is 10.6. The molecule has 0 spiro atoms. The topological polar surface area (TPSA) is 69.6 Å². The van der Waals surface area contributed by atoms with E-state index in [-0.39, 0.29) is 6.61 Å². The lowest BCUT2D eigenvalue weighted by molar-refractivity contribution is 0.350. The van der Waals surface area contributed by atoms with Crippen molar-refractivity contribution in [1.82, 2.24) is 4.31 Å². The van der Waals surface area contributed by atoms with Gasteiger partial charge in [-0.05, 0) is 24.6 Å². The molecule has 0 aliphatic carbocycles. The van der Waals surface area contributed by atoms with Crippen molar-refractivity contribution in [3.05, 3.63) is 29.3 Å². The zero-order chi connectivity index (χ0) is 13.8. The fraction of sp³-hybridized carbons (Fsp3) is 0.333. The highest BCUT2D eigenvalue weighted by atomic mass is 32.2. The summed E-state index contributed by atoms with van der Waals surface area (Å²) in [7, 11) is -0.679. The fourth-order valence-corrected chi connectivity index (χ4v) is 1.85. The van der Waals surface area contributed by atoms with Crippen molar-refractivity contribution in [2.24, 2.45) is 0 Å². The number of hydrogen-bond acceptors (Lipinski definition) is 3. The summed E-state index contributed by atoms with van der Waals surface area (Å²) in [4.78, 5) is 0. The van der Waals surface area contributed by atoms with Crippen molar-refractivity contribution in [2.75, 3.05) is 25.4 Å². The Morgan fingerprint density at radius 2 is 2.06 bits per heavy atom. The number of benzene rings is 1. The standard InChI is InChI=1S/C12H16N2O3S/c1-10-6-7-11(5-4-8-15)12(9-10)13-18(16,17)14(2)3/h6-7,9,13,15H,8H2,1-3H3. The Balaban J connectivity index is 3.18. The second-order valence-corrected chi connectivity index (χ2v) is 5.78. The second kappa shape index (κ2) is 5.87. The van der Waals surface area contributed by atoms with Gasteiger partial charge in [0, 0.05) is 19.7 Å². The van der Waals surface area contributed by atoms with Gasteiger partial charge in [-0.1, -0.05) is 17.9 Å². The van der Waals surface area contributed by atoms with E-state index in [9.17, 15) is 8.42 Å². The van der Waals surface area contributed by atoms with Gasteiger partial charge in [0.2, 0.25) is 0 Å². The van der Waals surface area contributed by atoms with Crippen LogP contribution >= 0.6 is 0 Å². The molecule has 2 N–H and O–H groups in total. The molecular weight excluding hydrogens is 252 g/mol. The van der Waals surface area contributed by atoms with Gasteiger partial charge in [-0.3, -0.25) is 4.72 Å². The molecule has 0 aliphatic heterocycles. The maximum atomic E-state index is 11.8. The van der Waals surface area contributed by atoms with Crippen LogP contribution in [0.15, 0.2) is 18.2 Å². The Hall–Kier alpha value is -1.55. The molecule has 18 heavy (non-hydrogen) atoms. The van der Waals surface area contributed by atoms with Gasteiger partial charge >= 0.3 is 10.2 Å². The summed E-state index contributed by atoms with van der Waals surface area (Å²) in [5.74, 6) is 5.20. The van der Waals surface area contributed by atoms with E-state index in [1.165, 1.54) is 14.1 Å². The average molecular weight is 268 g/mol. The van der Waals surface area contributed by atoms with E-state index in [1.807, 2.05) is 13.0 Å². The largest absolute Gasteiger partial charge is 0.384 e. The lowest BCUT2D eigenvalue weighted by Gasteiger charge is -2.15. The SMILES string of the molecule is Cc1ccc(C#CCO)c(NS(=O)(=O)N(C)C)c1. The molecule has 0 saturated carbocycles. The normalized spacial score (nSPS) is 10.9. The molecule has 0 heterocycles. The molecule has 0 radical (unpaired) electrons. The third-order valence-electron chi connectivity index (χ3n) is 2.20. The van der Waals surface area contributed by atoms with E-state index in [0.29, 0.717) is 11.3 Å². The van der Waals surface area contributed by atoms with E-state index in [2.05, 4.69) is 16.6 Å². The smallest absolute Gasteiger partial charge is 0.301 e. The quantitative estimate of drug-likeness (QED) is 0.787. The van der Waals surface area contributed by atoms with Gasteiger partial charge in [-0.2, -0.15) is 12.7 Å².